The summed E-state index contributed by atoms with van der Waals surface area (Å²) in [4.78, 5) is 0. The lowest BCUT2D eigenvalue weighted by molar-refractivity contribution is 0.123. The second-order valence-corrected chi connectivity index (χ2v) is 4.28. The van der Waals surface area contributed by atoms with Crippen LogP contribution in [0.25, 0.3) is 0 Å². The molecule has 0 saturated carbocycles. The van der Waals surface area contributed by atoms with Crippen molar-refractivity contribution in [2.45, 2.75) is 13.5 Å². The molecule has 1 N–H and O–H groups in total. The van der Waals surface area contributed by atoms with Crippen molar-refractivity contribution in [3.05, 3.63) is 33.4 Å². The van der Waals surface area contributed by atoms with Crippen LogP contribution in [0.1, 0.15) is 12.5 Å². The van der Waals surface area contributed by atoms with Crippen LogP contribution in [0.2, 0.25) is 0 Å². The van der Waals surface area contributed by atoms with Gasteiger partial charge in [0, 0.05) is 10.1 Å². The Morgan fingerprint density at radius 1 is 1.29 bits per heavy atom. The Labute approximate surface area is 99.2 Å². The maximum absolute atomic E-state index is 5.50. The minimum Gasteiger partial charge on any atom is -0.375 e. The molecule has 0 heterocycles. The molecule has 0 amide bonds. The van der Waals surface area contributed by atoms with E-state index in [0.717, 1.165) is 19.7 Å². The van der Waals surface area contributed by atoms with Crippen LogP contribution in [0.15, 0.2) is 24.3 Å². The van der Waals surface area contributed by atoms with Gasteiger partial charge in [-0.1, -0.05) is 19.1 Å². The normalized spacial score (nSPS) is 10.4. The molecule has 0 radical (unpaired) electrons. The van der Waals surface area contributed by atoms with Gasteiger partial charge in [-0.05, 0) is 46.8 Å². The quantitative estimate of drug-likeness (QED) is 0.644. The van der Waals surface area contributed by atoms with Gasteiger partial charge in [-0.2, -0.15) is 0 Å². The summed E-state index contributed by atoms with van der Waals surface area (Å²) in [5.41, 5.74) is 1.24. The summed E-state index contributed by atoms with van der Waals surface area (Å²) in [5.74, 6) is 0. The highest BCUT2D eigenvalue weighted by atomic mass is 127. The lowest BCUT2D eigenvalue weighted by atomic mass is 10.2. The SMILES string of the molecule is CCNCCOCc1ccc(I)cc1. The predicted octanol–water partition coefficient (Wildman–Crippen LogP) is 2.42. The van der Waals surface area contributed by atoms with Gasteiger partial charge in [0.15, 0.2) is 0 Å². The first-order valence-electron chi connectivity index (χ1n) is 4.86. The van der Waals surface area contributed by atoms with Gasteiger partial charge in [-0.15, -0.1) is 0 Å². The zero-order valence-corrected chi connectivity index (χ0v) is 10.6. The van der Waals surface area contributed by atoms with E-state index in [1.165, 1.54) is 9.13 Å². The molecule has 0 aliphatic heterocycles. The summed E-state index contributed by atoms with van der Waals surface area (Å²) in [6, 6.07) is 8.41. The lowest BCUT2D eigenvalue weighted by Gasteiger charge is -2.04. The molecule has 78 valence electrons. The molecule has 0 aliphatic rings. The van der Waals surface area contributed by atoms with Crippen molar-refractivity contribution in [2.24, 2.45) is 0 Å². The number of halogens is 1. The van der Waals surface area contributed by atoms with Crippen LogP contribution in [0.4, 0.5) is 0 Å². The van der Waals surface area contributed by atoms with E-state index in [-0.39, 0.29) is 0 Å². The van der Waals surface area contributed by atoms with Crippen molar-refractivity contribution in [2.75, 3.05) is 19.7 Å². The Hall–Kier alpha value is -0.130. The molecule has 0 fully saturated rings. The van der Waals surface area contributed by atoms with Gasteiger partial charge in [-0.25, -0.2) is 0 Å². The fraction of sp³-hybridized carbons (Fsp3) is 0.455. The Bertz CT molecular complexity index is 248. The first kappa shape index (κ1) is 11.9. The summed E-state index contributed by atoms with van der Waals surface area (Å²) < 4.78 is 6.76. The van der Waals surface area contributed by atoms with E-state index < -0.39 is 0 Å². The number of hydrogen-bond donors (Lipinski definition) is 1. The number of hydrogen-bond acceptors (Lipinski definition) is 2. The minimum absolute atomic E-state index is 0.711. The van der Waals surface area contributed by atoms with Crippen LogP contribution in [0, 0.1) is 3.57 Å². The number of ether oxygens (including phenoxy) is 1. The molecular weight excluding hydrogens is 289 g/mol. The smallest absolute Gasteiger partial charge is 0.0717 e. The van der Waals surface area contributed by atoms with E-state index in [1.54, 1.807) is 0 Å². The van der Waals surface area contributed by atoms with Crippen LogP contribution in [0.5, 0.6) is 0 Å². The topological polar surface area (TPSA) is 21.3 Å². The third-order valence-electron chi connectivity index (χ3n) is 1.86. The van der Waals surface area contributed by atoms with Crippen LogP contribution < -0.4 is 5.32 Å². The monoisotopic (exact) mass is 305 g/mol. The van der Waals surface area contributed by atoms with Crippen molar-refractivity contribution in [3.63, 3.8) is 0 Å². The zero-order chi connectivity index (χ0) is 10.2. The third-order valence-corrected chi connectivity index (χ3v) is 2.57. The van der Waals surface area contributed by atoms with E-state index in [4.69, 9.17) is 4.74 Å². The van der Waals surface area contributed by atoms with Gasteiger partial charge in [0.05, 0.1) is 13.2 Å². The summed E-state index contributed by atoms with van der Waals surface area (Å²) in [7, 11) is 0. The Balaban J connectivity index is 2.15. The molecule has 1 aromatic carbocycles. The maximum atomic E-state index is 5.50. The fourth-order valence-corrected chi connectivity index (χ4v) is 1.45. The number of likely N-dealkylation sites (N-methyl/N-ethyl adjacent to an activating group) is 1. The molecule has 0 aromatic heterocycles. The average molecular weight is 305 g/mol. The number of nitrogens with one attached hydrogen (secondary N) is 1. The second-order valence-electron chi connectivity index (χ2n) is 3.03. The summed E-state index contributed by atoms with van der Waals surface area (Å²) in [5, 5.41) is 3.22. The van der Waals surface area contributed by atoms with Gasteiger partial charge in [-0.3, -0.25) is 0 Å². The molecule has 2 nitrogen and oxygen atoms in total. The van der Waals surface area contributed by atoms with Crippen LogP contribution in [-0.2, 0) is 11.3 Å². The highest BCUT2D eigenvalue weighted by molar-refractivity contribution is 14.1. The fourth-order valence-electron chi connectivity index (χ4n) is 1.09. The van der Waals surface area contributed by atoms with E-state index >= 15 is 0 Å². The van der Waals surface area contributed by atoms with Gasteiger partial charge in [0.25, 0.3) is 0 Å². The van der Waals surface area contributed by atoms with Crippen LogP contribution >= 0.6 is 22.6 Å². The molecule has 14 heavy (non-hydrogen) atoms. The van der Waals surface area contributed by atoms with Crippen LogP contribution in [-0.4, -0.2) is 19.7 Å². The van der Waals surface area contributed by atoms with Crippen molar-refractivity contribution in [1.29, 1.82) is 0 Å². The minimum atomic E-state index is 0.711. The van der Waals surface area contributed by atoms with Crippen molar-refractivity contribution >= 4 is 22.6 Å². The largest absolute Gasteiger partial charge is 0.375 e. The Morgan fingerprint density at radius 3 is 2.64 bits per heavy atom. The maximum Gasteiger partial charge on any atom is 0.0717 e. The molecule has 0 saturated heterocycles. The van der Waals surface area contributed by atoms with Gasteiger partial charge >= 0.3 is 0 Å². The zero-order valence-electron chi connectivity index (χ0n) is 8.42. The molecular formula is C11H16INO. The molecule has 0 spiro atoms. The highest BCUT2D eigenvalue weighted by Gasteiger charge is 1.92. The molecule has 3 heteroatoms. The average Bonchev–Trinajstić information content (AvgIpc) is 2.21. The molecule has 0 unspecified atom stereocenters. The van der Waals surface area contributed by atoms with Gasteiger partial charge in [0.2, 0.25) is 0 Å². The first-order valence-corrected chi connectivity index (χ1v) is 5.93. The molecule has 1 aromatic rings. The van der Waals surface area contributed by atoms with Crippen LogP contribution in [0.3, 0.4) is 0 Å². The molecule has 0 aliphatic carbocycles. The van der Waals surface area contributed by atoms with Crippen molar-refractivity contribution in [1.82, 2.24) is 5.32 Å². The molecule has 0 bridgehead atoms. The van der Waals surface area contributed by atoms with Gasteiger partial charge in [0.1, 0.15) is 0 Å². The second kappa shape index (κ2) is 7.20. The van der Waals surface area contributed by atoms with Crippen molar-refractivity contribution in [3.8, 4) is 0 Å². The molecule has 1 rings (SSSR count). The number of rotatable bonds is 6. The summed E-state index contributed by atoms with van der Waals surface area (Å²) in [6.45, 7) is 5.52. The standard InChI is InChI=1S/C11H16INO/c1-2-13-7-8-14-9-10-3-5-11(12)6-4-10/h3-6,13H,2,7-9H2,1H3. The number of benzene rings is 1. The Kier molecular flexibility index (Phi) is 6.14. The van der Waals surface area contributed by atoms with Gasteiger partial charge < -0.3 is 10.1 Å². The van der Waals surface area contributed by atoms with E-state index in [2.05, 4.69) is 59.1 Å². The summed E-state index contributed by atoms with van der Waals surface area (Å²) >= 11 is 2.30. The third kappa shape index (κ3) is 4.93. The molecule has 0 atom stereocenters. The predicted molar refractivity (Wildman–Crippen MR) is 67.4 cm³/mol. The van der Waals surface area contributed by atoms with E-state index in [9.17, 15) is 0 Å². The van der Waals surface area contributed by atoms with E-state index in [0.29, 0.717) is 6.61 Å². The highest BCUT2D eigenvalue weighted by Crippen LogP contribution is 2.07. The Morgan fingerprint density at radius 2 is 2.00 bits per heavy atom. The van der Waals surface area contributed by atoms with Crippen molar-refractivity contribution < 1.29 is 4.74 Å². The first-order chi connectivity index (χ1) is 6.83. The van der Waals surface area contributed by atoms with E-state index in [1.807, 2.05) is 0 Å². The summed E-state index contributed by atoms with van der Waals surface area (Å²) in [6.07, 6.45) is 0. The lowest BCUT2D eigenvalue weighted by Crippen LogP contribution is -2.18.